The van der Waals surface area contributed by atoms with Crippen LogP contribution < -0.4 is 15.4 Å². The Morgan fingerprint density at radius 2 is 2.10 bits per heavy atom. The first-order chi connectivity index (χ1) is 9.52. The maximum atomic E-state index is 12.4. The number of nitrogens with zero attached hydrogens (tertiary/aromatic N) is 3. The first kappa shape index (κ1) is 14.5. The van der Waals surface area contributed by atoms with Crippen LogP contribution in [-0.2, 0) is 0 Å². The Hall–Kier alpha value is -1.95. The van der Waals surface area contributed by atoms with Gasteiger partial charge in [0.2, 0.25) is 0 Å². The van der Waals surface area contributed by atoms with Crippen molar-refractivity contribution in [1.82, 2.24) is 9.80 Å². The van der Waals surface area contributed by atoms with Crippen LogP contribution in [0.1, 0.15) is 0 Å². The third kappa shape index (κ3) is 2.96. The van der Waals surface area contributed by atoms with Gasteiger partial charge in [-0.25, -0.2) is 4.79 Å². The lowest BCUT2D eigenvalue weighted by atomic mass is 10.2. The number of hydrogen-bond donors (Lipinski definition) is 1. The van der Waals surface area contributed by atoms with E-state index in [1.165, 1.54) is 0 Å². The largest absolute Gasteiger partial charge is 0.495 e. The van der Waals surface area contributed by atoms with Crippen LogP contribution >= 0.6 is 0 Å². The molecule has 1 aromatic rings. The van der Waals surface area contributed by atoms with E-state index >= 15 is 0 Å². The molecule has 0 aliphatic carbocycles. The van der Waals surface area contributed by atoms with E-state index in [1.54, 1.807) is 18.1 Å². The maximum Gasteiger partial charge on any atom is 0.324 e. The molecular formula is C14H22N4O2. The fraction of sp³-hybridized carbons (Fsp3) is 0.500. The van der Waals surface area contributed by atoms with Gasteiger partial charge in [-0.15, -0.1) is 0 Å². The van der Waals surface area contributed by atoms with Crippen LogP contribution in [0.25, 0.3) is 0 Å². The summed E-state index contributed by atoms with van der Waals surface area (Å²) in [5.74, 6) is 0.599. The van der Waals surface area contributed by atoms with E-state index in [2.05, 4.69) is 4.90 Å². The lowest BCUT2D eigenvalue weighted by molar-refractivity contribution is 0.215. The predicted octanol–water partition coefficient (Wildman–Crippen LogP) is 1.08. The molecular weight excluding hydrogens is 256 g/mol. The van der Waals surface area contributed by atoms with Gasteiger partial charge in [0.15, 0.2) is 0 Å². The number of likely N-dealkylation sites (N-methyl/N-ethyl adjacent to an activating group) is 1. The van der Waals surface area contributed by atoms with Crippen molar-refractivity contribution in [1.29, 1.82) is 0 Å². The number of carbonyl (C=O) groups excluding carboxylic acids is 1. The Bertz CT molecular complexity index is 490. The second kappa shape index (κ2) is 6.00. The van der Waals surface area contributed by atoms with E-state index in [1.807, 2.05) is 31.1 Å². The Morgan fingerprint density at radius 3 is 2.75 bits per heavy atom. The molecule has 1 aliphatic rings. The zero-order valence-electron chi connectivity index (χ0n) is 12.3. The van der Waals surface area contributed by atoms with Gasteiger partial charge in [0.25, 0.3) is 0 Å². The number of nitrogen functional groups attached to an aromatic ring is 1. The number of carbonyl (C=O) groups is 1. The molecule has 2 N–H and O–H groups in total. The maximum absolute atomic E-state index is 12.4. The second-order valence-corrected chi connectivity index (χ2v) is 5.15. The van der Waals surface area contributed by atoms with Gasteiger partial charge >= 0.3 is 6.03 Å². The average Bonchev–Trinajstić information content (AvgIpc) is 2.78. The topological polar surface area (TPSA) is 62.0 Å². The molecule has 1 fully saturated rings. The highest BCUT2D eigenvalue weighted by Gasteiger charge is 2.29. The summed E-state index contributed by atoms with van der Waals surface area (Å²) in [5, 5.41) is 0. The van der Waals surface area contributed by atoms with Crippen molar-refractivity contribution in [3.63, 3.8) is 0 Å². The molecule has 0 unspecified atom stereocenters. The first-order valence-electron chi connectivity index (χ1n) is 6.67. The van der Waals surface area contributed by atoms with Crippen LogP contribution in [0.4, 0.5) is 16.2 Å². The number of benzene rings is 1. The van der Waals surface area contributed by atoms with Crippen LogP contribution in [0.5, 0.6) is 5.75 Å². The highest BCUT2D eigenvalue weighted by Crippen LogP contribution is 2.29. The molecule has 1 aromatic carbocycles. The summed E-state index contributed by atoms with van der Waals surface area (Å²) in [5.41, 5.74) is 7.20. The highest BCUT2D eigenvalue weighted by molar-refractivity contribution is 5.94. The molecule has 6 heteroatoms. The van der Waals surface area contributed by atoms with Crippen molar-refractivity contribution in [3.05, 3.63) is 18.2 Å². The van der Waals surface area contributed by atoms with E-state index < -0.39 is 0 Å². The molecule has 20 heavy (non-hydrogen) atoms. The number of anilines is 2. The second-order valence-electron chi connectivity index (χ2n) is 5.15. The first-order valence-corrected chi connectivity index (χ1v) is 6.67. The SMILES string of the molecule is COc1cc(N2CCN(CCN(C)C)C2=O)ccc1N. The average molecular weight is 278 g/mol. The zero-order chi connectivity index (χ0) is 14.7. The molecule has 0 saturated carbocycles. The molecule has 2 amide bonds. The molecule has 0 radical (unpaired) electrons. The van der Waals surface area contributed by atoms with Crippen molar-refractivity contribution in [2.45, 2.75) is 0 Å². The number of rotatable bonds is 5. The number of methoxy groups -OCH3 is 1. The van der Waals surface area contributed by atoms with Crippen molar-refractivity contribution in [2.24, 2.45) is 0 Å². The van der Waals surface area contributed by atoms with Gasteiger partial charge in [0, 0.05) is 37.9 Å². The quantitative estimate of drug-likeness (QED) is 0.819. The third-order valence-electron chi connectivity index (χ3n) is 3.44. The standard InChI is InChI=1S/C14H22N4O2/c1-16(2)6-7-17-8-9-18(14(17)19)11-4-5-12(15)13(10-11)20-3/h4-5,10H,6-9,15H2,1-3H3. The highest BCUT2D eigenvalue weighted by atomic mass is 16.5. The van der Waals surface area contributed by atoms with Crippen molar-refractivity contribution in [2.75, 3.05) is 58.0 Å². The molecule has 0 aromatic heterocycles. The Labute approximate surface area is 119 Å². The molecule has 0 spiro atoms. The van der Waals surface area contributed by atoms with Gasteiger partial charge in [0.05, 0.1) is 12.8 Å². The molecule has 1 saturated heterocycles. The summed E-state index contributed by atoms with van der Waals surface area (Å²) in [7, 11) is 5.58. The summed E-state index contributed by atoms with van der Waals surface area (Å²) < 4.78 is 5.20. The summed E-state index contributed by atoms with van der Waals surface area (Å²) in [6.45, 7) is 3.05. The minimum atomic E-state index is 0.0404. The summed E-state index contributed by atoms with van der Waals surface area (Å²) in [6.07, 6.45) is 0. The molecule has 1 heterocycles. The van der Waals surface area contributed by atoms with Gasteiger partial charge in [-0.05, 0) is 26.2 Å². The van der Waals surface area contributed by atoms with Gasteiger partial charge < -0.3 is 20.3 Å². The number of amides is 2. The fourth-order valence-electron chi connectivity index (χ4n) is 2.22. The zero-order valence-corrected chi connectivity index (χ0v) is 12.3. The molecule has 6 nitrogen and oxygen atoms in total. The molecule has 0 atom stereocenters. The predicted molar refractivity (Wildman–Crippen MR) is 80.3 cm³/mol. The fourth-order valence-corrected chi connectivity index (χ4v) is 2.22. The summed E-state index contributed by atoms with van der Waals surface area (Å²) in [4.78, 5) is 18.1. The summed E-state index contributed by atoms with van der Waals surface area (Å²) in [6, 6.07) is 5.47. The van der Waals surface area contributed by atoms with Crippen LogP contribution in [0.15, 0.2) is 18.2 Å². The minimum absolute atomic E-state index is 0.0404. The van der Waals surface area contributed by atoms with Gasteiger partial charge in [-0.1, -0.05) is 0 Å². The molecule has 2 rings (SSSR count). The molecule has 0 bridgehead atoms. The van der Waals surface area contributed by atoms with Crippen LogP contribution in [0.3, 0.4) is 0 Å². The summed E-state index contributed by atoms with van der Waals surface area (Å²) >= 11 is 0. The van der Waals surface area contributed by atoms with E-state index in [4.69, 9.17) is 10.5 Å². The number of urea groups is 1. The minimum Gasteiger partial charge on any atom is -0.495 e. The lowest BCUT2D eigenvalue weighted by Gasteiger charge is -2.20. The van der Waals surface area contributed by atoms with Crippen LogP contribution in [-0.4, -0.2) is 63.2 Å². The van der Waals surface area contributed by atoms with E-state index in [0.717, 1.165) is 25.3 Å². The van der Waals surface area contributed by atoms with E-state index in [-0.39, 0.29) is 6.03 Å². The monoisotopic (exact) mass is 278 g/mol. The van der Waals surface area contributed by atoms with Crippen molar-refractivity contribution < 1.29 is 9.53 Å². The van der Waals surface area contributed by atoms with Crippen LogP contribution in [0.2, 0.25) is 0 Å². The smallest absolute Gasteiger partial charge is 0.324 e. The number of hydrogen-bond acceptors (Lipinski definition) is 4. The molecule has 1 aliphatic heterocycles. The van der Waals surface area contributed by atoms with Crippen molar-refractivity contribution in [3.8, 4) is 5.75 Å². The lowest BCUT2D eigenvalue weighted by Crippen LogP contribution is -2.36. The normalized spacial score (nSPS) is 15.3. The number of ether oxygens (including phenoxy) is 1. The Balaban J connectivity index is 2.09. The third-order valence-corrected chi connectivity index (χ3v) is 3.44. The van der Waals surface area contributed by atoms with Gasteiger partial charge in [-0.3, -0.25) is 4.90 Å². The van der Waals surface area contributed by atoms with E-state index in [9.17, 15) is 4.79 Å². The van der Waals surface area contributed by atoms with Crippen LogP contribution in [0, 0.1) is 0 Å². The Kier molecular flexibility index (Phi) is 4.34. The Morgan fingerprint density at radius 1 is 1.35 bits per heavy atom. The van der Waals surface area contributed by atoms with Gasteiger partial charge in [-0.2, -0.15) is 0 Å². The van der Waals surface area contributed by atoms with Gasteiger partial charge in [0.1, 0.15) is 5.75 Å². The molecule has 110 valence electrons. The van der Waals surface area contributed by atoms with E-state index in [0.29, 0.717) is 18.0 Å². The van der Waals surface area contributed by atoms with Crippen molar-refractivity contribution >= 4 is 17.4 Å². The number of nitrogens with two attached hydrogens (primary N) is 1.